The molecule has 0 spiro atoms. The van der Waals surface area contributed by atoms with Crippen LogP contribution in [0.25, 0.3) is 0 Å². The zero-order chi connectivity index (χ0) is 22.0. The molecule has 2 aliphatic heterocycles. The van der Waals surface area contributed by atoms with Crippen molar-refractivity contribution in [2.75, 3.05) is 45.7 Å². The fourth-order valence-corrected chi connectivity index (χ4v) is 3.96. The first-order chi connectivity index (χ1) is 15.0. The number of aryl methyl sites for hydroxylation is 1. The number of nitrogens with zero attached hydrogens (tertiary/aromatic N) is 2. The summed E-state index contributed by atoms with van der Waals surface area (Å²) in [5.41, 5.74) is 2.88. The molecule has 0 saturated carbocycles. The van der Waals surface area contributed by atoms with Gasteiger partial charge in [0.2, 0.25) is 5.91 Å². The summed E-state index contributed by atoms with van der Waals surface area (Å²) in [6.45, 7) is 1.84. The minimum Gasteiger partial charge on any atom is -0.493 e. The van der Waals surface area contributed by atoms with E-state index in [1.165, 1.54) is 7.11 Å². The monoisotopic (exact) mass is 423 g/mol. The smallest absolute Gasteiger partial charge is 0.254 e. The van der Waals surface area contributed by atoms with Crippen molar-refractivity contribution < 1.29 is 23.9 Å². The van der Waals surface area contributed by atoms with Gasteiger partial charge >= 0.3 is 0 Å². The van der Waals surface area contributed by atoms with Gasteiger partial charge in [0, 0.05) is 49.4 Å². The van der Waals surface area contributed by atoms with Crippen LogP contribution < -0.4 is 14.8 Å². The molecular weight excluding hydrogens is 398 g/mol. The Balaban J connectivity index is 1.40. The maximum absolute atomic E-state index is 13.0. The van der Waals surface area contributed by atoms with Crippen molar-refractivity contribution in [3.05, 3.63) is 53.1 Å². The van der Waals surface area contributed by atoms with Crippen LogP contribution in [-0.4, -0.2) is 67.9 Å². The van der Waals surface area contributed by atoms with E-state index < -0.39 is 0 Å². The Morgan fingerprint density at radius 2 is 1.39 bits per heavy atom. The number of ether oxygens (including phenoxy) is 2. The summed E-state index contributed by atoms with van der Waals surface area (Å²) in [6.07, 6.45) is 1.07. The summed E-state index contributed by atoms with van der Waals surface area (Å²) in [7, 11) is 3.08. The highest BCUT2D eigenvalue weighted by atomic mass is 16.5. The number of hydrogen-bond donors (Lipinski definition) is 1. The van der Waals surface area contributed by atoms with Gasteiger partial charge in [-0.15, -0.1) is 0 Å². The van der Waals surface area contributed by atoms with Crippen LogP contribution in [0.4, 0.5) is 5.69 Å². The molecule has 1 fully saturated rings. The summed E-state index contributed by atoms with van der Waals surface area (Å²) in [5.74, 6) is 0.919. The highest BCUT2D eigenvalue weighted by Gasteiger charge is 2.27. The number of anilines is 1. The van der Waals surface area contributed by atoms with Gasteiger partial charge in [-0.25, -0.2) is 0 Å². The Labute approximate surface area is 180 Å². The van der Waals surface area contributed by atoms with Gasteiger partial charge < -0.3 is 24.6 Å². The van der Waals surface area contributed by atoms with Gasteiger partial charge in [-0.3, -0.25) is 14.4 Å². The zero-order valence-electron chi connectivity index (χ0n) is 17.6. The normalized spacial score (nSPS) is 15.7. The van der Waals surface area contributed by atoms with Gasteiger partial charge in [-0.2, -0.15) is 0 Å². The van der Waals surface area contributed by atoms with Crippen LogP contribution in [0.5, 0.6) is 11.5 Å². The number of piperazine rings is 1. The van der Waals surface area contributed by atoms with E-state index in [-0.39, 0.29) is 17.7 Å². The average molecular weight is 423 g/mol. The molecule has 0 unspecified atom stereocenters. The van der Waals surface area contributed by atoms with Crippen LogP contribution in [0.1, 0.15) is 32.7 Å². The number of fused-ring (bicyclic) bond motifs is 1. The molecule has 0 bridgehead atoms. The van der Waals surface area contributed by atoms with Crippen molar-refractivity contribution in [1.82, 2.24) is 9.80 Å². The summed E-state index contributed by atoms with van der Waals surface area (Å²) in [5, 5.41) is 2.83. The predicted octanol–water partition coefficient (Wildman–Crippen LogP) is 2.19. The summed E-state index contributed by atoms with van der Waals surface area (Å²) >= 11 is 0. The fraction of sp³-hybridized carbons (Fsp3) is 0.348. The number of carbonyl (C=O) groups excluding carboxylic acids is 3. The molecule has 3 amide bonds. The van der Waals surface area contributed by atoms with Crippen LogP contribution >= 0.6 is 0 Å². The quantitative estimate of drug-likeness (QED) is 0.815. The molecule has 4 rings (SSSR count). The highest BCUT2D eigenvalue weighted by Crippen LogP contribution is 2.28. The van der Waals surface area contributed by atoms with Gasteiger partial charge in [0.1, 0.15) is 0 Å². The number of rotatable bonds is 4. The van der Waals surface area contributed by atoms with E-state index in [1.807, 2.05) is 6.07 Å². The van der Waals surface area contributed by atoms with E-state index in [1.54, 1.807) is 47.2 Å². The van der Waals surface area contributed by atoms with Gasteiger partial charge in [0.25, 0.3) is 11.8 Å². The van der Waals surface area contributed by atoms with E-state index in [4.69, 9.17) is 9.47 Å². The van der Waals surface area contributed by atoms with E-state index in [9.17, 15) is 14.4 Å². The summed E-state index contributed by atoms with van der Waals surface area (Å²) < 4.78 is 10.5. The van der Waals surface area contributed by atoms with Crippen LogP contribution in [0.3, 0.4) is 0 Å². The number of nitrogens with one attached hydrogen (secondary N) is 1. The van der Waals surface area contributed by atoms with Crippen molar-refractivity contribution >= 4 is 23.4 Å². The van der Waals surface area contributed by atoms with E-state index in [2.05, 4.69) is 5.32 Å². The SMILES string of the molecule is COc1ccc(C(=O)N2CCN(C(=O)c3ccc4c(c3)CCC(=O)N4)CC2)cc1OC. The molecule has 2 heterocycles. The van der Waals surface area contributed by atoms with Crippen LogP contribution in [0, 0.1) is 0 Å². The highest BCUT2D eigenvalue weighted by molar-refractivity contribution is 5.98. The molecule has 1 saturated heterocycles. The second kappa shape index (κ2) is 8.67. The van der Waals surface area contributed by atoms with Gasteiger partial charge in [0.15, 0.2) is 11.5 Å². The van der Waals surface area contributed by atoms with E-state index in [0.29, 0.717) is 61.6 Å². The van der Waals surface area contributed by atoms with Crippen LogP contribution in [-0.2, 0) is 11.2 Å². The van der Waals surface area contributed by atoms with E-state index in [0.717, 1.165) is 11.3 Å². The first kappa shape index (κ1) is 20.7. The standard InChI is InChI=1S/C23H25N3O5/c1-30-19-7-4-17(14-20(19)31-2)23(29)26-11-9-25(10-12-26)22(28)16-3-6-18-15(13-16)5-8-21(27)24-18/h3-4,6-7,13-14H,5,8-12H2,1-2H3,(H,24,27). The third-order valence-corrected chi connectivity index (χ3v) is 5.73. The molecule has 0 aromatic heterocycles. The lowest BCUT2D eigenvalue weighted by Gasteiger charge is -2.35. The number of methoxy groups -OCH3 is 2. The van der Waals surface area contributed by atoms with Crippen molar-refractivity contribution in [3.63, 3.8) is 0 Å². The van der Waals surface area contributed by atoms with Crippen LogP contribution in [0.2, 0.25) is 0 Å². The predicted molar refractivity (Wildman–Crippen MR) is 115 cm³/mol. The lowest BCUT2D eigenvalue weighted by atomic mass is 10.00. The second-order valence-electron chi connectivity index (χ2n) is 7.57. The first-order valence-corrected chi connectivity index (χ1v) is 10.2. The summed E-state index contributed by atoms with van der Waals surface area (Å²) in [4.78, 5) is 40.9. The molecule has 2 aromatic carbocycles. The zero-order valence-corrected chi connectivity index (χ0v) is 17.6. The Hall–Kier alpha value is -3.55. The maximum atomic E-state index is 13.0. The van der Waals surface area contributed by atoms with Gasteiger partial charge in [-0.1, -0.05) is 0 Å². The van der Waals surface area contributed by atoms with Crippen molar-refractivity contribution in [2.45, 2.75) is 12.8 Å². The fourth-order valence-electron chi connectivity index (χ4n) is 3.96. The van der Waals surface area contributed by atoms with Crippen molar-refractivity contribution in [3.8, 4) is 11.5 Å². The molecule has 0 radical (unpaired) electrons. The van der Waals surface area contributed by atoms with Crippen molar-refractivity contribution in [1.29, 1.82) is 0 Å². The number of benzene rings is 2. The van der Waals surface area contributed by atoms with E-state index >= 15 is 0 Å². The second-order valence-corrected chi connectivity index (χ2v) is 7.57. The topological polar surface area (TPSA) is 88.2 Å². The minimum atomic E-state index is -0.0995. The Morgan fingerprint density at radius 1 is 0.806 bits per heavy atom. The third-order valence-electron chi connectivity index (χ3n) is 5.73. The van der Waals surface area contributed by atoms with Crippen LogP contribution in [0.15, 0.2) is 36.4 Å². The lowest BCUT2D eigenvalue weighted by Crippen LogP contribution is -2.50. The molecule has 162 valence electrons. The molecule has 31 heavy (non-hydrogen) atoms. The largest absolute Gasteiger partial charge is 0.493 e. The minimum absolute atomic E-state index is 0.00171. The molecule has 1 N–H and O–H groups in total. The molecule has 2 aliphatic rings. The number of hydrogen-bond acceptors (Lipinski definition) is 5. The third kappa shape index (κ3) is 4.19. The van der Waals surface area contributed by atoms with Gasteiger partial charge in [0.05, 0.1) is 14.2 Å². The molecule has 8 nitrogen and oxygen atoms in total. The first-order valence-electron chi connectivity index (χ1n) is 10.2. The average Bonchev–Trinajstić information content (AvgIpc) is 2.82. The lowest BCUT2D eigenvalue weighted by molar-refractivity contribution is -0.116. The Morgan fingerprint density at radius 3 is 2.00 bits per heavy atom. The summed E-state index contributed by atoms with van der Waals surface area (Å²) in [6, 6.07) is 10.5. The van der Waals surface area contributed by atoms with Crippen molar-refractivity contribution in [2.24, 2.45) is 0 Å². The molecule has 0 atom stereocenters. The number of amides is 3. The molecule has 0 aliphatic carbocycles. The maximum Gasteiger partial charge on any atom is 0.254 e. The number of carbonyl (C=O) groups is 3. The molecular formula is C23H25N3O5. The van der Waals surface area contributed by atoms with Gasteiger partial charge in [-0.05, 0) is 48.4 Å². The Kier molecular flexibility index (Phi) is 5.79. The molecule has 2 aromatic rings. The molecule has 8 heteroatoms. The Bertz CT molecular complexity index is 1030.